The minimum absolute atomic E-state index is 0.538. The lowest BCUT2D eigenvalue weighted by molar-refractivity contribution is 0.957. The number of nitrogens with zero attached hydrogens (tertiary/aromatic N) is 2. The molecule has 0 aliphatic carbocycles. The van der Waals surface area contributed by atoms with Crippen LogP contribution in [0.3, 0.4) is 0 Å². The topological polar surface area (TPSA) is 43.8 Å². The van der Waals surface area contributed by atoms with Gasteiger partial charge >= 0.3 is 0 Å². The maximum absolute atomic E-state index is 5.70. The molecule has 0 spiro atoms. The van der Waals surface area contributed by atoms with Crippen LogP contribution in [0.5, 0.6) is 0 Å². The molecular weight excluding hydrogens is 314 g/mol. The highest BCUT2D eigenvalue weighted by molar-refractivity contribution is 9.10. The molecular formula is C16H16BrN3. The van der Waals surface area contributed by atoms with Crippen molar-refractivity contribution in [1.82, 2.24) is 9.55 Å². The molecule has 2 aromatic carbocycles. The van der Waals surface area contributed by atoms with E-state index in [0.717, 1.165) is 32.5 Å². The molecule has 2 N–H and O–H groups in total. The van der Waals surface area contributed by atoms with Gasteiger partial charge in [0.2, 0.25) is 0 Å². The summed E-state index contributed by atoms with van der Waals surface area (Å²) in [6.07, 6.45) is 0. The van der Waals surface area contributed by atoms with E-state index in [4.69, 9.17) is 10.7 Å². The summed E-state index contributed by atoms with van der Waals surface area (Å²) in [6.45, 7) is 2.63. The SMILES string of the molecule is Cc1ccc(Br)c(-c2nc3cc(CN)ccc3n2C)c1. The van der Waals surface area contributed by atoms with Crippen molar-refractivity contribution < 1.29 is 0 Å². The van der Waals surface area contributed by atoms with Crippen molar-refractivity contribution in [2.45, 2.75) is 13.5 Å². The summed E-state index contributed by atoms with van der Waals surface area (Å²) in [6, 6.07) is 12.5. The van der Waals surface area contributed by atoms with Gasteiger partial charge in [-0.05, 0) is 36.8 Å². The van der Waals surface area contributed by atoms with E-state index < -0.39 is 0 Å². The zero-order valence-corrected chi connectivity index (χ0v) is 13.1. The Kier molecular flexibility index (Phi) is 3.36. The maximum atomic E-state index is 5.70. The van der Waals surface area contributed by atoms with Crippen LogP contribution in [0.2, 0.25) is 0 Å². The first-order valence-corrected chi connectivity index (χ1v) is 7.31. The summed E-state index contributed by atoms with van der Waals surface area (Å²) >= 11 is 3.61. The van der Waals surface area contributed by atoms with E-state index in [1.165, 1.54) is 5.56 Å². The molecule has 0 aliphatic heterocycles. The summed E-state index contributed by atoms with van der Waals surface area (Å²) in [5.41, 5.74) is 11.2. The fourth-order valence-electron chi connectivity index (χ4n) is 2.42. The minimum Gasteiger partial charge on any atom is -0.327 e. The van der Waals surface area contributed by atoms with Crippen LogP contribution in [0.1, 0.15) is 11.1 Å². The van der Waals surface area contributed by atoms with Gasteiger partial charge in [-0.15, -0.1) is 0 Å². The molecule has 0 saturated heterocycles. The average Bonchev–Trinajstić information content (AvgIpc) is 2.78. The highest BCUT2D eigenvalue weighted by Gasteiger charge is 2.12. The van der Waals surface area contributed by atoms with Crippen molar-refractivity contribution in [2.24, 2.45) is 12.8 Å². The molecule has 0 atom stereocenters. The first kappa shape index (κ1) is 13.3. The molecule has 3 aromatic rings. The van der Waals surface area contributed by atoms with Crippen LogP contribution >= 0.6 is 15.9 Å². The van der Waals surface area contributed by atoms with Gasteiger partial charge in [-0.25, -0.2) is 4.98 Å². The number of halogens is 1. The van der Waals surface area contributed by atoms with E-state index in [1.807, 2.05) is 7.05 Å². The van der Waals surface area contributed by atoms with E-state index in [9.17, 15) is 0 Å². The molecule has 0 amide bonds. The monoisotopic (exact) mass is 329 g/mol. The fourth-order valence-corrected chi connectivity index (χ4v) is 2.85. The minimum atomic E-state index is 0.538. The third kappa shape index (κ3) is 2.15. The first-order chi connectivity index (χ1) is 9.60. The molecule has 0 bridgehead atoms. The number of hydrogen-bond donors (Lipinski definition) is 1. The molecule has 0 aliphatic rings. The first-order valence-electron chi connectivity index (χ1n) is 6.52. The lowest BCUT2D eigenvalue weighted by Crippen LogP contribution is -1.96. The van der Waals surface area contributed by atoms with Crippen LogP contribution in [0.15, 0.2) is 40.9 Å². The van der Waals surface area contributed by atoms with Gasteiger partial charge in [0.15, 0.2) is 0 Å². The molecule has 102 valence electrons. The molecule has 3 rings (SSSR count). The van der Waals surface area contributed by atoms with Crippen molar-refractivity contribution in [3.05, 3.63) is 52.0 Å². The van der Waals surface area contributed by atoms with Gasteiger partial charge in [-0.2, -0.15) is 0 Å². The molecule has 0 fully saturated rings. The van der Waals surface area contributed by atoms with Crippen molar-refractivity contribution >= 4 is 27.0 Å². The smallest absolute Gasteiger partial charge is 0.142 e. The quantitative estimate of drug-likeness (QED) is 0.777. The lowest BCUT2D eigenvalue weighted by atomic mass is 10.1. The number of hydrogen-bond acceptors (Lipinski definition) is 2. The second-order valence-corrected chi connectivity index (χ2v) is 5.86. The van der Waals surface area contributed by atoms with Gasteiger partial charge in [0.1, 0.15) is 5.82 Å². The lowest BCUT2D eigenvalue weighted by Gasteiger charge is -2.06. The second kappa shape index (κ2) is 5.04. The Morgan fingerprint density at radius 2 is 2.00 bits per heavy atom. The van der Waals surface area contributed by atoms with Crippen LogP contribution < -0.4 is 5.73 Å². The van der Waals surface area contributed by atoms with Crippen molar-refractivity contribution in [3.8, 4) is 11.4 Å². The Hall–Kier alpha value is -1.65. The molecule has 1 heterocycles. The van der Waals surface area contributed by atoms with E-state index in [-0.39, 0.29) is 0 Å². The summed E-state index contributed by atoms with van der Waals surface area (Å²) in [4.78, 5) is 4.77. The Labute approximate surface area is 126 Å². The predicted molar refractivity (Wildman–Crippen MR) is 86.5 cm³/mol. The Balaban J connectivity index is 2.26. The van der Waals surface area contributed by atoms with Gasteiger partial charge < -0.3 is 10.3 Å². The number of rotatable bonds is 2. The van der Waals surface area contributed by atoms with E-state index in [2.05, 4.69) is 63.8 Å². The summed E-state index contributed by atoms with van der Waals surface area (Å²) in [5.74, 6) is 0.963. The van der Waals surface area contributed by atoms with Crippen molar-refractivity contribution in [2.75, 3.05) is 0 Å². The van der Waals surface area contributed by atoms with Gasteiger partial charge in [-0.3, -0.25) is 0 Å². The summed E-state index contributed by atoms with van der Waals surface area (Å²) < 4.78 is 3.18. The highest BCUT2D eigenvalue weighted by Crippen LogP contribution is 2.30. The highest BCUT2D eigenvalue weighted by atomic mass is 79.9. The largest absolute Gasteiger partial charge is 0.327 e. The van der Waals surface area contributed by atoms with Gasteiger partial charge in [0, 0.05) is 23.6 Å². The zero-order chi connectivity index (χ0) is 14.3. The van der Waals surface area contributed by atoms with Crippen LogP contribution in [0.4, 0.5) is 0 Å². The Morgan fingerprint density at radius 1 is 1.20 bits per heavy atom. The van der Waals surface area contributed by atoms with Gasteiger partial charge in [0.05, 0.1) is 11.0 Å². The molecule has 3 nitrogen and oxygen atoms in total. The number of imidazole rings is 1. The van der Waals surface area contributed by atoms with Gasteiger partial charge in [0.25, 0.3) is 0 Å². The number of benzene rings is 2. The van der Waals surface area contributed by atoms with Crippen LogP contribution in [0, 0.1) is 6.92 Å². The third-order valence-corrected chi connectivity index (χ3v) is 4.24. The predicted octanol–water partition coefficient (Wildman–Crippen LogP) is 3.77. The van der Waals surface area contributed by atoms with Crippen LogP contribution in [-0.4, -0.2) is 9.55 Å². The number of aryl methyl sites for hydroxylation is 2. The number of aromatic nitrogens is 2. The van der Waals surface area contributed by atoms with Crippen LogP contribution in [0.25, 0.3) is 22.4 Å². The van der Waals surface area contributed by atoms with Crippen molar-refractivity contribution in [1.29, 1.82) is 0 Å². The van der Waals surface area contributed by atoms with E-state index >= 15 is 0 Å². The molecule has 0 radical (unpaired) electrons. The second-order valence-electron chi connectivity index (χ2n) is 5.00. The standard InChI is InChI=1S/C16H16BrN3/c1-10-3-5-13(17)12(7-10)16-19-14-8-11(9-18)4-6-15(14)20(16)2/h3-8H,9,18H2,1-2H3. The fraction of sp³-hybridized carbons (Fsp3) is 0.188. The number of nitrogens with two attached hydrogens (primary N) is 1. The van der Waals surface area contributed by atoms with E-state index in [0.29, 0.717) is 6.54 Å². The molecule has 0 unspecified atom stereocenters. The molecule has 1 aromatic heterocycles. The molecule has 4 heteroatoms. The van der Waals surface area contributed by atoms with E-state index in [1.54, 1.807) is 0 Å². The zero-order valence-electron chi connectivity index (χ0n) is 11.5. The maximum Gasteiger partial charge on any atom is 0.142 e. The Morgan fingerprint density at radius 3 is 2.75 bits per heavy atom. The molecule has 20 heavy (non-hydrogen) atoms. The van der Waals surface area contributed by atoms with Crippen LogP contribution in [-0.2, 0) is 13.6 Å². The normalized spacial score (nSPS) is 11.2. The van der Waals surface area contributed by atoms with Crippen molar-refractivity contribution in [3.63, 3.8) is 0 Å². The molecule has 0 saturated carbocycles. The van der Waals surface area contributed by atoms with Gasteiger partial charge in [-0.1, -0.05) is 33.6 Å². The average molecular weight is 330 g/mol. The Bertz CT molecular complexity index is 790. The number of fused-ring (bicyclic) bond motifs is 1. The summed E-state index contributed by atoms with van der Waals surface area (Å²) in [5, 5.41) is 0. The summed E-state index contributed by atoms with van der Waals surface area (Å²) in [7, 11) is 2.04. The third-order valence-electron chi connectivity index (χ3n) is 3.54.